The van der Waals surface area contributed by atoms with E-state index in [0.717, 1.165) is 40.7 Å². The Kier molecular flexibility index (Phi) is 15.0. The van der Waals surface area contributed by atoms with Crippen LogP contribution in [0.5, 0.6) is 0 Å². The first-order valence-electron chi connectivity index (χ1n) is 27.0. The van der Waals surface area contributed by atoms with Gasteiger partial charge in [0, 0.05) is 34.9 Å². The van der Waals surface area contributed by atoms with Gasteiger partial charge < -0.3 is 55.8 Å². The molecule has 11 rings (SSSR count). The first-order chi connectivity index (χ1) is 39.1. The van der Waals surface area contributed by atoms with Gasteiger partial charge in [-0.1, -0.05) is 91.7 Å². The number of cyclic esters (lactones) is 1. The number of amides is 6. The fourth-order valence-electron chi connectivity index (χ4n) is 11.6. The molecule has 20 nitrogen and oxygen atoms in total. The SMILES string of the molecule is Cc1c(F)cc2nc3c(c4c2c1CC[C@@H]4NC(=O)[C@@H](C)OCNC(=O)CNC(=O)[C@H](Cc1ccccc1)NC(=O)CNC(=O)CNC(=O)OCC1c2ccccc2-c2ccccc21)Cn1c-3cc2c(c1=O)COC(=O)[C@]2(O)CC1CC1. The minimum atomic E-state index is -2.01. The highest BCUT2D eigenvalue weighted by molar-refractivity contribution is 5.95. The number of benzene rings is 4. The number of nitrogens with one attached hydrogen (secondary N) is 6. The van der Waals surface area contributed by atoms with Crippen LogP contribution in [0.15, 0.2) is 95.8 Å². The molecule has 6 aromatic rings. The number of halogens is 1. The van der Waals surface area contributed by atoms with Gasteiger partial charge in [0.2, 0.25) is 29.5 Å². The lowest BCUT2D eigenvalue weighted by atomic mass is 9.81. The van der Waals surface area contributed by atoms with Crippen LogP contribution in [-0.4, -0.2) is 101 Å². The molecule has 2 aromatic heterocycles. The van der Waals surface area contributed by atoms with Crippen molar-refractivity contribution in [1.82, 2.24) is 41.5 Å². The maximum atomic E-state index is 15.5. The van der Waals surface area contributed by atoms with Crippen LogP contribution >= 0.6 is 0 Å². The van der Waals surface area contributed by atoms with Crippen LogP contribution in [0.1, 0.15) is 94.6 Å². The number of aliphatic hydroxyl groups is 1. The molecule has 4 heterocycles. The number of carbonyl (C=O) groups is 7. The Hall–Kier alpha value is -8.82. The molecule has 0 unspecified atom stereocenters. The van der Waals surface area contributed by atoms with Gasteiger partial charge in [0.1, 0.15) is 44.5 Å². The van der Waals surface area contributed by atoms with Crippen LogP contribution in [0.2, 0.25) is 0 Å². The average molecular weight is 1100 g/mol. The van der Waals surface area contributed by atoms with E-state index < -0.39 is 103 Å². The predicted octanol–water partition coefficient (Wildman–Crippen LogP) is 4.00. The Balaban J connectivity index is 0.671. The van der Waals surface area contributed by atoms with Crippen molar-refractivity contribution in [2.75, 3.05) is 33.0 Å². The fourth-order valence-corrected chi connectivity index (χ4v) is 11.6. The van der Waals surface area contributed by atoms with Gasteiger partial charge in [-0.05, 0) is 89.6 Å². The summed E-state index contributed by atoms with van der Waals surface area (Å²) in [5.74, 6) is -4.62. The topological polar surface area (TPSA) is 274 Å². The van der Waals surface area contributed by atoms with Gasteiger partial charge in [-0.15, -0.1) is 0 Å². The molecule has 0 radical (unpaired) electrons. The zero-order valence-electron chi connectivity index (χ0n) is 44.4. The van der Waals surface area contributed by atoms with E-state index in [4.69, 9.17) is 19.2 Å². The molecule has 0 bridgehead atoms. The van der Waals surface area contributed by atoms with Crippen LogP contribution in [0.25, 0.3) is 33.4 Å². The van der Waals surface area contributed by atoms with E-state index in [0.29, 0.717) is 57.4 Å². The molecule has 6 amide bonds. The standard InChI is InChI=1S/C60H59FN8O12/c1-31-35-18-19-45(53-40-27-69-48(54(40)67-46(52(35)53)22-44(31)61)21-43-42(57(69)75)29-79-58(76)60(43,78)23-34-16-17-34)68-55(73)32(2)81-30-65-50(71)24-63-56(74)47(20-33-10-4-3-5-11-33)66-51(72)26-62-49(70)25-64-59(77)80-28-41-38-14-8-6-12-36(38)37-13-7-9-15-39(37)41/h3-15,21-22,32,34,41,45,47,78H,16-20,23-30H2,1-2H3,(H,62,70)(H,63,74)(H,64,77)(H,65,71)(H,66,72)(H,68,73)/t32-,45+,47+,60+/m1/s1. The second-order valence-corrected chi connectivity index (χ2v) is 21.2. The third-order valence-electron chi connectivity index (χ3n) is 16.0. The molecular formula is C60H59FN8O12. The van der Waals surface area contributed by atoms with Crippen molar-refractivity contribution in [1.29, 1.82) is 0 Å². The van der Waals surface area contributed by atoms with Crippen molar-refractivity contribution in [3.63, 3.8) is 0 Å². The van der Waals surface area contributed by atoms with Crippen molar-refractivity contribution in [2.45, 2.75) is 95.2 Å². The molecule has 2 aliphatic heterocycles. The number of aromatic nitrogens is 2. The van der Waals surface area contributed by atoms with Crippen LogP contribution in [0.4, 0.5) is 9.18 Å². The van der Waals surface area contributed by atoms with Crippen molar-refractivity contribution >= 4 is 52.5 Å². The zero-order valence-corrected chi connectivity index (χ0v) is 44.4. The van der Waals surface area contributed by atoms with Crippen molar-refractivity contribution in [2.24, 2.45) is 5.92 Å². The van der Waals surface area contributed by atoms with Gasteiger partial charge in [0.05, 0.1) is 48.1 Å². The molecule has 0 spiro atoms. The highest BCUT2D eigenvalue weighted by atomic mass is 19.1. The van der Waals surface area contributed by atoms with E-state index in [1.165, 1.54) is 17.6 Å². The third-order valence-corrected chi connectivity index (χ3v) is 16.0. The number of nitrogens with zero attached hydrogens (tertiary/aromatic N) is 2. The maximum Gasteiger partial charge on any atom is 0.407 e. The molecular weight excluding hydrogens is 1040 g/mol. The monoisotopic (exact) mass is 1100 g/mol. The minimum absolute atomic E-state index is 0.0412. The Morgan fingerprint density at radius 3 is 2.22 bits per heavy atom. The van der Waals surface area contributed by atoms with E-state index in [9.17, 15) is 43.5 Å². The summed E-state index contributed by atoms with van der Waals surface area (Å²) in [7, 11) is 0. The van der Waals surface area contributed by atoms with E-state index in [-0.39, 0.29) is 55.6 Å². The predicted molar refractivity (Wildman–Crippen MR) is 290 cm³/mol. The summed E-state index contributed by atoms with van der Waals surface area (Å²) in [5, 5.41) is 28.0. The number of fused-ring (bicyclic) bond motifs is 8. The van der Waals surface area contributed by atoms with Crippen LogP contribution in [0.3, 0.4) is 0 Å². The number of aryl methyl sites for hydroxylation is 1. The number of ether oxygens (including phenoxy) is 3. The Bertz CT molecular complexity index is 3600. The smallest absolute Gasteiger partial charge is 0.407 e. The van der Waals surface area contributed by atoms with Gasteiger partial charge >= 0.3 is 12.1 Å². The number of alkyl carbamates (subject to hydrolysis) is 1. The van der Waals surface area contributed by atoms with Crippen LogP contribution < -0.4 is 37.5 Å². The molecule has 21 heteroatoms. The largest absolute Gasteiger partial charge is 0.458 e. The number of rotatable bonds is 19. The number of hydrogen-bond donors (Lipinski definition) is 7. The fraction of sp³-hybridized carbons (Fsp3) is 0.350. The number of pyridine rings is 2. The van der Waals surface area contributed by atoms with Crippen molar-refractivity contribution in [3.8, 4) is 22.5 Å². The molecule has 4 aromatic carbocycles. The molecule has 418 valence electrons. The highest BCUT2D eigenvalue weighted by Crippen LogP contribution is 2.48. The van der Waals surface area contributed by atoms with Crippen LogP contribution in [0, 0.1) is 18.7 Å². The van der Waals surface area contributed by atoms with E-state index in [2.05, 4.69) is 31.9 Å². The number of hydrogen-bond acceptors (Lipinski definition) is 13. The molecule has 1 fully saturated rings. The first kappa shape index (κ1) is 54.2. The lowest BCUT2D eigenvalue weighted by molar-refractivity contribution is -0.173. The molecule has 1 saturated carbocycles. The van der Waals surface area contributed by atoms with Crippen molar-refractivity contribution < 1.29 is 57.3 Å². The Labute approximate surface area is 463 Å². The quantitative estimate of drug-likeness (QED) is 0.0447. The summed E-state index contributed by atoms with van der Waals surface area (Å²) in [5.41, 5.74) is 6.34. The van der Waals surface area contributed by atoms with Gasteiger partial charge in [0.25, 0.3) is 5.56 Å². The molecule has 4 atom stereocenters. The highest BCUT2D eigenvalue weighted by Gasteiger charge is 2.50. The summed E-state index contributed by atoms with van der Waals surface area (Å²) in [4.78, 5) is 111. The van der Waals surface area contributed by atoms with Gasteiger partial charge in [0.15, 0.2) is 5.60 Å². The maximum absolute atomic E-state index is 15.5. The summed E-state index contributed by atoms with van der Waals surface area (Å²) >= 11 is 0. The number of carbonyl (C=O) groups excluding carboxylic acids is 7. The normalized spacial score (nSPS) is 17.9. The Morgan fingerprint density at radius 1 is 0.815 bits per heavy atom. The zero-order chi connectivity index (χ0) is 56.7. The van der Waals surface area contributed by atoms with Gasteiger partial charge in [-0.2, -0.15) is 0 Å². The Morgan fingerprint density at radius 2 is 1.49 bits per heavy atom. The van der Waals surface area contributed by atoms with E-state index in [1.807, 2.05) is 48.5 Å². The molecule has 5 aliphatic rings. The average Bonchev–Trinajstić information content (AvgIpc) is 4.25. The summed E-state index contributed by atoms with van der Waals surface area (Å²) in [6.07, 6.45) is 0.705. The number of esters is 1. The molecule has 0 saturated heterocycles. The summed E-state index contributed by atoms with van der Waals surface area (Å²) < 4.78 is 33.6. The second kappa shape index (κ2) is 22.4. The first-order valence-corrected chi connectivity index (χ1v) is 27.0. The van der Waals surface area contributed by atoms with Gasteiger partial charge in [-0.25, -0.2) is 19.0 Å². The van der Waals surface area contributed by atoms with Crippen molar-refractivity contribution in [3.05, 3.63) is 157 Å². The summed E-state index contributed by atoms with van der Waals surface area (Å²) in [6.45, 7) is 1.05. The lowest BCUT2D eigenvalue weighted by Crippen LogP contribution is -2.52. The molecule has 7 N–H and O–H groups in total. The molecule has 3 aliphatic carbocycles. The molecule has 81 heavy (non-hydrogen) atoms. The van der Waals surface area contributed by atoms with Crippen LogP contribution in [-0.2, 0) is 74.6 Å². The van der Waals surface area contributed by atoms with E-state index in [1.54, 1.807) is 43.3 Å². The minimum Gasteiger partial charge on any atom is -0.458 e. The third kappa shape index (κ3) is 10.9. The summed E-state index contributed by atoms with van der Waals surface area (Å²) in [6, 6.07) is 25.8. The lowest BCUT2D eigenvalue weighted by Gasteiger charge is -2.32. The van der Waals surface area contributed by atoms with E-state index >= 15 is 4.39 Å². The van der Waals surface area contributed by atoms with Gasteiger partial charge in [-0.3, -0.25) is 28.8 Å². The second-order valence-electron chi connectivity index (χ2n) is 21.2.